The zero-order valence-electron chi connectivity index (χ0n) is 12.9. The van der Waals surface area contributed by atoms with Crippen LogP contribution in [0.5, 0.6) is 11.5 Å². The molecule has 0 bridgehead atoms. The maximum atomic E-state index is 12.6. The van der Waals surface area contributed by atoms with Crippen LogP contribution in [-0.4, -0.2) is 35.2 Å². The molecule has 0 fully saturated rings. The summed E-state index contributed by atoms with van der Waals surface area (Å²) in [6.45, 7) is 4.26. The van der Waals surface area contributed by atoms with Gasteiger partial charge in [-0.15, -0.1) is 0 Å². The van der Waals surface area contributed by atoms with Crippen LogP contribution in [0.4, 0.5) is 0 Å². The fraction of sp³-hybridized carbons (Fsp3) is 0.571. The molecule has 0 heterocycles. The Morgan fingerprint density at radius 1 is 1.19 bits per heavy atom. The number of benzene rings is 1. The number of nitrogens with one attached hydrogen (secondary N) is 1. The Balaban J connectivity index is 3.18. The summed E-state index contributed by atoms with van der Waals surface area (Å²) in [6, 6.07) is 4.50. The molecule has 0 amide bonds. The molecular weight excluding hydrogens is 292 g/mol. The molecule has 0 aliphatic rings. The lowest BCUT2D eigenvalue weighted by Gasteiger charge is -2.20. The largest absolute Gasteiger partial charge is 0.495 e. The summed E-state index contributed by atoms with van der Waals surface area (Å²) in [5.74, 6) is 0.810. The molecule has 0 aromatic heterocycles. The highest BCUT2D eigenvalue weighted by Gasteiger charge is 2.27. The molecule has 1 aromatic carbocycles. The molecule has 6 nitrogen and oxygen atoms in total. The van der Waals surface area contributed by atoms with E-state index in [2.05, 4.69) is 4.72 Å². The van der Waals surface area contributed by atoms with Gasteiger partial charge >= 0.3 is 0 Å². The van der Waals surface area contributed by atoms with Crippen molar-refractivity contribution in [3.63, 3.8) is 0 Å². The lowest BCUT2D eigenvalue weighted by atomic mass is 10.1. The highest BCUT2D eigenvalue weighted by Crippen LogP contribution is 2.32. The topological polar surface area (TPSA) is 90.6 Å². The number of hydrogen-bond acceptors (Lipinski definition) is 5. The number of methoxy groups -OCH3 is 2. The summed E-state index contributed by atoms with van der Waals surface area (Å²) < 4.78 is 38.1. The third kappa shape index (κ3) is 4.59. The van der Waals surface area contributed by atoms with Gasteiger partial charge in [0.25, 0.3) is 0 Å². The fourth-order valence-electron chi connectivity index (χ4n) is 2.12. The Bertz CT molecular complexity index is 536. The lowest BCUT2D eigenvalue weighted by Crippen LogP contribution is -2.41. The number of rotatable bonds is 8. The van der Waals surface area contributed by atoms with Crippen molar-refractivity contribution in [3.8, 4) is 11.5 Å². The van der Waals surface area contributed by atoms with Gasteiger partial charge in [-0.05, 0) is 24.5 Å². The summed E-state index contributed by atoms with van der Waals surface area (Å²) in [7, 11) is -0.945. The van der Waals surface area contributed by atoms with Crippen LogP contribution in [-0.2, 0) is 10.0 Å². The molecule has 0 radical (unpaired) electrons. The first kappa shape index (κ1) is 17.7. The fourth-order valence-corrected chi connectivity index (χ4v) is 3.70. The Labute approximate surface area is 126 Å². The van der Waals surface area contributed by atoms with Crippen LogP contribution in [0.25, 0.3) is 0 Å². The van der Waals surface area contributed by atoms with Gasteiger partial charge in [0.1, 0.15) is 11.5 Å². The third-order valence-electron chi connectivity index (χ3n) is 3.01. The molecule has 0 aliphatic carbocycles. The predicted octanol–water partition coefficient (Wildman–Crippen LogP) is 1.36. The first-order chi connectivity index (χ1) is 9.85. The second kappa shape index (κ2) is 7.63. The van der Waals surface area contributed by atoms with Crippen molar-refractivity contribution in [2.45, 2.75) is 31.2 Å². The molecule has 21 heavy (non-hydrogen) atoms. The van der Waals surface area contributed by atoms with Crippen LogP contribution in [0.3, 0.4) is 0 Å². The molecule has 1 aromatic rings. The second-order valence-corrected chi connectivity index (χ2v) is 6.83. The summed E-state index contributed by atoms with van der Waals surface area (Å²) >= 11 is 0. The average molecular weight is 316 g/mol. The first-order valence-corrected chi connectivity index (χ1v) is 8.27. The monoisotopic (exact) mass is 316 g/mol. The molecule has 0 spiro atoms. The van der Waals surface area contributed by atoms with Gasteiger partial charge < -0.3 is 15.2 Å². The maximum absolute atomic E-state index is 12.6. The van der Waals surface area contributed by atoms with Gasteiger partial charge in [-0.3, -0.25) is 0 Å². The lowest BCUT2D eigenvalue weighted by molar-refractivity contribution is 0.372. The van der Waals surface area contributed by atoms with Gasteiger partial charge in [-0.2, -0.15) is 0 Å². The molecule has 120 valence electrons. The van der Waals surface area contributed by atoms with Crippen molar-refractivity contribution >= 4 is 10.0 Å². The minimum absolute atomic E-state index is 0.00259. The van der Waals surface area contributed by atoms with Crippen molar-refractivity contribution in [1.82, 2.24) is 4.72 Å². The van der Waals surface area contributed by atoms with Gasteiger partial charge in [-0.25, -0.2) is 13.1 Å². The highest BCUT2D eigenvalue weighted by molar-refractivity contribution is 7.89. The molecule has 1 atom stereocenters. The Kier molecular flexibility index (Phi) is 6.44. The van der Waals surface area contributed by atoms with Gasteiger partial charge in [0.2, 0.25) is 10.0 Å². The van der Waals surface area contributed by atoms with Crippen molar-refractivity contribution in [2.24, 2.45) is 11.7 Å². The second-order valence-electron chi connectivity index (χ2n) is 5.18. The van der Waals surface area contributed by atoms with Gasteiger partial charge in [-0.1, -0.05) is 19.9 Å². The summed E-state index contributed by atoms with van der Waals surface area (Å²) in [5.41, 5.74) is 5.66. The minimum atomic E-state index is -3.78. The van der Waals surface area contributed by atoms with Crippen LogP contribution in [0.2, 0.25) is 0 Å². The molecule has 0 saturated carbocycles. The number of ether oxygens (including phenoxy) is 2. The van der Waals surface area contributed by atoms with E-state index in [0.29, 0.717) is 12.3 Å². The minimum Gasteiger partial charge on any atom is -0.495 e. The van der Waals surface area contributed by atoms with Crippen LogP contribution in [0.1, 0.15) is 20.3 Å². The van der Waals surface area contributed by atoms with E-state index in [0.717, 1.165) is 0 Å². The van der Waals surface area contributed by atoms with Crippen LogP contribution in [0.15, 0.2) is 23.1 Å². The normalized spacial score (nSPS) is 13.2. The summed E-state index contributed by atoms with van der Waals surface area (Å²) in [6.07, 6.45) is 0.660. The SMILES string of the molecule is COc1cccc(OC)c1S(=O)(=O)NC(CN)CC(C)C. The van der Waals surface area contributed by atoms with Crippen molar-refractivity contribution in [2.75, 3.05) is 20.8 Å². The van der Waals surface area contributed by atoms with Crippen molar-refractivity contribution in [3.05, 3.63) is 18.2 Å². The molecule has 0 aliphatic heterocycles. The molecule has 0 saturated heterocycles. The molecule has 3 N–H and O–H groups in total. The molecule has 1 rings (SSSR count). The van der Waals surface area contributed by atoms with Crippen LogP contribution >= 0.6 is 0 Å². The number of sulfonamides is 1. The van der Waals surface area contributed by atoms with E-state index in [4.69, 9.17) is 15.2 Å². The molecule has 1 unspecified atom stereocenters. The third-order valence-corrected chi connectivity index (χ3v) is 4.60. The van der Waals surface area contributed by atoms with Gasteiger partial charge in [0.15, 0.2) is 4.90 Å². The highest BCUT2D eigenvalue weighted by atomic mass is 32.2. The smallest absolute Gasteiger partial charge is 0.248 e. The van der Waals surface area contributed by atoms with Crippen LogP contribution < -0.4 is 19.9 Å². The van der Waals surface area contributed by atoms with Crippen molar-refractivity contribution in [1.29, 1.82) is 0 Å². The quantitative estimate of drug-likeness (QED) is 0.755. The standard InChI is InChI=1S/C14H24N2O4S/c1-10(2)8-11(9-15)16-21(17,18)14-12(19-3)6-5-7-13(14)20-4/h5-7,10-11,16H,8-9,15H2,1-4H3. The Hall–Kier alpha value is -1.31. The Morgan fingerprint density at radius 2 is 1.71 bits per heavy atom. The van der Waals surface area contributed by atoms with E-state index < -0.39 is 10.0 Å². The summed E-state index contributed by atoms with van der Waals surface area (Å²) in [4.78, 5) is -0.00259. The van der Waals surface area contributed by atoms with E-state index in [9.17, 15) is 8.42 Å². The van der Waals surface area contributed by atoms with Gasteiger partial charge in [0, 0.05) is 12.6 Å². The zero-order chi connectivity index (χ0) is 16.0. The summed E-state index contributed by atoms with van der Waals surface area (Å²) in [5, 5.41) is 0. The molecular formula is C14H24N2O4S. The van der Waals surface area contributed by atoms with E-state index in [1.807, 2.05) is 13.8 Å². The van der Waals surface area contributed by atoms with Gasteiger partial charge in [0.05, 0.1) is 14.2 Å². The van der Waals surface area contributed by atoms with Crippen LogP contribution in [0, 0.1) is 5.92 Å². The average Bonchev–Trinajstić information content (AvgIpc) is 2.44. The van der Waals surface area contributed by atoms with E-state index in [1.165, 1.54) is 14.2 Å². The maximum Gasteiger partial charge on any atom is 0.248 e. The molecule has 7 heteroatoms. The predicted molar refractivity (Wildman–Crippen MR) is 82.2 cm³/mol. The number of nitrogens with two attached hydrogens (primary N) is 1. The first-order valence-electron chi connectivity index (χ1n) is 6.79. The van der Waals surface area contributed by atoms with Crippen molar-refractivity contribution < 1.29 is 17.9 Å². The number of hydrogen-bond donors (Lipinski definition) is 2. The van der Waals surface area contributed by atoms with E-state index >= 15 is 0 Å². The zero-order valence-corrected chi connectivity index (χ0v) is 13.7. The van der Waals surface area contributed by atoms with E-state index in [-0.39, 0.29) is 29.0 Å². The Morgan fingerprint density at radius 3 is 2.10 bits per heavy atom. The van der Waals surface area contributed by atoms with E-state index in [1.54, 1.807) is 18.2 Å².